The van der Waals surface area contributed by atoms with Gasteiger partial charge in [-0.05, 0) is 38.2 Å². The summed E-state index contributed by atoms with van der Waals surface area (Å²) < 4.78 is 0. The van der Waals surface area contributed by atoms with Crippen molar-refractivity contribution in [2.45, 2.75) is 77.2 Å². The van der Waals surface area contributed by atoms with Gasteiger partial charge in [0.25, 0.3) is 5.91 Å². The number of carbonyl (C=O) groups excluding carboxylic acids is 3. The SMILES string of the molecule is CC(C)[C@@H](C(=O)O)N(C(=O)CCC(O)C(N)Cc1ccccc1)C(=O)[C@H](C)NC(=O)[C@H](C)N. The number of aliphatic hydroxyl groups excluding tert-OH is 1. The lowest BCUT2D eigenvalue weighted by atomic mass is 9.97. The first-order chi connectivity index (χ1) is 15.4. The third kappa shape index (κ3) is 8.56. The van der Waals surface area contributed by atoms with E-state index in [0.29, 0.717) is 11.3 Å². The van der Waals surface area contributed by atoms with E-state index >= 15 is 0 Å². The monoisotopic (exact) mass is 464 g/mol. The Labute approximate surface area is 194 Å². The molecule has 1 rings (SSSR count). The molecule has 3 amide bonds. The molecule has 7 N–H and O–H groups in total. The maximum Gasteiger partial charge on any atom is 0.327 e. The fourth-order valence-electron chi connectivity index (χ4n) is 3.35. The molecule has 0 radical (unpaired) electrons. The highest BCUT2D eigenvalue weighted by atomic mass is 16.4. The van der Waals surface area contributed by atoms with Gasteiger partial charge in [-0.15, -0.1) is 0 Å². The predicted octanol–water partition coefficient (Wildman–Crippen LogP) is 0.0138. The van der Waals surface area contributed by atoms with Crippen LogP contribution in [-0.2, 0) is 25.6 Å². The van der Waals surface area contributed by atoms with E-state index in [2.05, 4.69) is 5.32 Å². The Kier molecular flexibility index (Phi) is 11.1. The smallest absolute Gasteiger partial charge is 0.327 e. The largest absolute Gasteiger partial charge is 0.480 e. The molecule has 1 aromatic rings. The summed E-state index contributed by atoms with van der Waals surface area (Å²) in [6.45, 7) is 5.93. The minimum atomic E-state index is -1.44. The molecule has 0 aliphatic carbocycles. The van der Waals surface area contributed by atoms with Crippen molar-refractivity contribution in [1.29, 1.82) is 0 Å². The third-order valence-corrected chi connectivity index (χ3v) is 5.27. The fourth-order valence-corrected chi connectivity index (χ4v) is 3.35. The van der Waals surface area contributed by atoms with Crippen molar-refractivity contribution in [2.75, 3.05) is 0 Å². The summed E-state index contributed by atoms with van der Waals surface area (Å²) >= 11 is 0. The lowest BCUT2D eigenvalue weighted by molar-refractivity contribution is -0.161. The van der Waals surface area contributed by atoms with Gasteiger partial charge in [0.1, 0.15) is 12.1 Å². The van der Waals surface area contributed by atoms with Crippen LogP contribution in [0.1, 0.15) is 46.1 Å². The Morgan fingerprint density at radius 1 is 1.03 bits per heavy atom. The number of hydrogen-bond donors (Lipinski definition) is 5. The number of nitrogens with one attached hydrogen (secondary N) is 1. The van der Waals surface area contributed by atoms with Crippen molar-refractivity contribution in [1.82, 2.24) is 10.2 Å². The second-order valence-electron chi connectivity index (χ2n) is 8.61. The van der Waals surface area contributed by atoms with Crippen LogP contribution in [0.15, 0.2) is 30.3 Å². The molecular formula is C23H36N4O6. The van der Waals surface area contributed by atoms with Crippen molar-refractivity contribution >= 4 is 23.7 Å². The van der Waals surface area contributed by atoms with Crippen LogP contribution in [0, 0.1) is 5.92 Å². The molecule has 0 fully saturated rings. The lowest BCUT2D eigenvalue weighted by Crippen LogP contribution is -2.58. The number of hydrogen-bond acceptors (Lipinski definition) is 7. The van der Waals surface area contributed by atoms with Crippen molar-refractivity contribution in [3.63, 3.8) is 0 Å². The molecule has 0 saturated carbocycles. The number of aliphatic hydroxyl groups is 1. The molecule has 0 aliphatic heterocycles. The normalized spacial score (nSPS) is 15.8. The molecule has 1 aromatic carbocycles. The van der Waals surface area contributed by atoms with Crippen LogP contribution >= 0.6 is 0 Å². The highest BCUT2D eigenvalue weighted by Gasteiger charge is 2.39. The zero-order valence-corrected chi connectivity index (χ0v) is 19.6. The molecule has 2 unspecified atom stereocenters. The number of imide groups is 1. The van der Waals surface area contributed by atoms with Crippen LogP contribution < -0.4 is 16.8 Å². The van der Waals surface area contributed by atoms with E-state index < -0.39 is 59.9 Å². The van der Waals surface area contributed by atoms with Gasteiger partial charge in [-0.25, -0.2) is 4.79 Å². The number of nitrogens with zero attached hydrogens (tertiary/aromatic N) is 1. The summed E-state index contributed by atoms with van der Waals surface area (Å²) in [5, 5.41) is 22.5. The van der Waals surface area contributed by atoms with Crippen molar-refractivity contribution in [3.8, 4) is 0 Å². The van der Waals surface area contributed by atoms with Gasteiger partial charge in [0.15, 0.2) is 0 Å². The van der Waals surface area contributed by atoms with E-state index in [-0.39, 0.29) is 12.8 Å². The van der Waals surface area contributed by atoms with E-state index in [1.807, 2.05) is 30.3 Å². The van der Waals surface area contributed by atoms with Crippen LogP contribution in [-0.4, -0.2) is 69.1 Å². The minimum absolute atomic E-state index is 0.0539. The van der Waals surface area contributed by atoms with E-state index in [9.17, 15) is 29.4 Å². The molecule has 0 bridgehead atoms. The molecule has 184 valence electrons. The Balaban J connectivity index is 2.95. The summed E-state index contributed by atoms with van der Waals surface area (Å²) in [6, 6.07) is 5.18. The van der Waals surface area contributed by atoms with Gasteiger partial charge in [0.2, 0.25) is 11.8 Å². The summed E-state index contributed by atoms with van der Waals surface area (Å²) in [7, 11) is 0. The fraction of sp³-hybridized carbons (Fsp3) is 0.565. The molecule has 0 aromatic heterocycles. The Morgan fingerprint density at radius 2 is 1.61 bits per heavy atom. The van der Waals surface area contributed by atoms with Crippen molar-refractivity contribution < 1.29 is 29.4 Å². The first-order valence-electron chi connectivity index (χ1n) is 11.0. The highest BCUT2D eigenvalue weighted by Crippen LogP contribution is 2.17. The van der Waals surface area contributed by atoms with E-state index in [1.54, 1.807) is 13.8 Å². The molecular weight excluding hydrogens is 428 g/mol. The number of amides is 3. The second-order valence-corrected chi connectivity index (χ2v) is 8.61. The molecule has 0 saturated heterocycles. The van der Waals surface area contributed by atoms with Gasteiger partial charge in [0, 0.05) is 12.5 Å². The number of carboxylic acid groups (broad SMARTS) is 1. The van der Waals surface area contributed by atoms with E-state index in [0.717, 1.165) is 5.56 Å². The molecule has 0 heterocycles. The van der Waals surface area contributed by atoms with Crippen molar-refractivity contribution in [3.05, 3.63) is 35.9 Å². The average Bonchev–Trinajstić information content (AvgIpc) is 2.74. The molecule has 10 heteroatoms. The van der Waals surface area contributed by atoms with Crippen molar-refractivity contribution in [2.24, 2.45) is 17.4 Å². The summed E-state index contributed by atoms with van der Waals surface area (Å²) in [6.07, 6.45) is -0.992. The first kappa shape index (κ1) is 28.2. The summed E-state index contributed by atoms with van der Waals surface area (Å²) in [5.74, 6) is -4.18. The predicted molar refractivity (Wildman–Crippen MR) is 123 cm³/mol. The van der Waals surface area contributed by atoms with Gasteiger partial charge in [0.05, 0.1) is 12.1 Å². The minimum Gasteiger partial charge on any atom is -0.480 e. The van der Waals surface area contributed by atoms with Crippen LogP contribution in [0.5, 0.6) is 0 Å². The first-order valence-corrected chi connectivity index (χ1v) is 11.0. The van der Waals surface area contributed by atoms with Crippen LogP contribution in [0.4, 0.5) is 0 Å². The quantitative estimate of drug-likeness (QED) is 0.287. The lowest BCUT2D eigenvalue weighted by Gasteiger charge is -2.32. The topological polar surface area (TPSA) is 176 Å². The van der Waals surface area contributed by atoms with Gasteiger partial charge in [-0.2, -0.15) is 0 Å². The second kappa shape index (κ2) is 13.0. The number of rotatable bonds is 12. The molecule has 0 spiro atoms. The number of carbonyl (C=O) groups is 4. The number of benzene rings is 1. The Bertz CT molecular complexity index is 814. The average molecular weight is 465 g/mol. The van der Waals surface area contributed by atoms with E-state index in [1.165, 1.54) is 13.8 Å². The maximum atomic E-state index is 13.0. The summed E-state index contributed by atoms with van der Waals surface area (Å²) in [5.41, 5.74) is 12.5. The van der Waals surface area contributed by atoms with Gasteiger partial charge >= 0.3 is 5.97 Å². The number of carboxylic acids is 1. The summed E-state index contributed by atoms with van der Waals surface area (Å²) in [4.78, 5) is 50.4. The van der Waals surface area contributed by atoms with Gasteiger partial charge in [-0.3, -0.25) is 19.3 Å². The van der Waals surface area contributed by atoms with Crippen LogP contribution in [0.3, 0.4) is 0 Å². The van der Waals surface area contributed by atoms with Crippen LogP contribution in [0.2, 0.25) is 0 Å². The highest BCUT2D eigenvalue weighted by molar-refractivity contribution is 6.02. The molecule has 5 atom stereocenters. The number of aliphatic carboxylic acids is 1. The molecule has 10 nitrogen and oxygen atoms in total. The molecule has 33 heavy (non-hydrogen) atoms. The number of nitrogens with two attached hydrogens (primary N) is 2. The zero-order chi connectivity index (χ0) is 25.3. The van der Waals surface area contributed by atoms with Gasteiger partial charge in [-0.1, -0.05) is 44.2 Å². The van der Waals surface area contributed by atoms with E-state index in [4.69, 9.17) is 11.5 Å². The Hall–Kier alpha value is -2.82. The maximum absolute atomic E-state index is 13.0. The standard InChI is InChI=1S/C23H36N4O6/c1-13(2)20(23(32)33)27(22(31)15(4)26-21(30)14(3)24)19(29)11-10-18(28)17(25)12-16-8-6-5-7-9-16/h5-9,13-15,17-18,20,28H,10-12,24-25H2,1-4H3,(H,26,30)(H,32,33)/t14-,15-,17?,18?,20-/m0/s1. The molecule has 0 aliphatic rings. The van der Waals surface area contributed by atoms with Crippen LogP contribution in [0.25, 0.3) is 0 Å². The van der Waals surface area contributed by atoms with Gasteiger partial charge < -0.3 is 27.0 Å². The zero-order valence-electron chi connectivity index (χ0n) is 19.6. The third-order valence-electron chi connectivity index (χ3n) is 5.27. The Morgan fingerprint density at radius 3 is 2.09 bits per heavy atom.